The van der Waals surface area contributed by atoms with E-state index in [2.05, 4.69) is 41.4 Å². The molecule has 1 aliphatic rings. The van der Waals surface area contributed by atoms with Crippen molar-refractivity contribution >= 4 is 16.8 Å². The maximum absolute atomic E-state index is 9.54. The van der Waals surface area contributed by atoms with Crippen LogP contribution < -0.4 is 15.9 Å². The molecule has 0 aliphatic heterocycles. The predicted molar refractivity (Wildman–Crippen MR) is 142 cm³/mol. The number of ether oxygens (including phenoxy) is 1. The van der Waals surface area contributed by atoms with Gasteiger partial charge >= 0.3 is 0 Å². The summed E-state index contributed by atoms with van der Waals surface area (Å²) in [6.45, 7) is 8.81. The molecule has 1 saturated carbocycles. The van der Waals surface area contributed by atoms with Crippen LogP contribution in [0.1, 0.15) is 70.3 Å². The number of benzene rings is 1. The number of hydrazone groups is 1. The Bertz CT molecular complexity index is 1110. The standard InChI is InChI=1S/C27H35N5O2S/c1-5-7-24-23(8-6-9-25(24)31-15-22-14-30-17-33-22)19(4)27(32-29)35-16-20-10-11-26(34-18(2)3)21(12-20)13-28/h7,10-12,14,17-18,25,31H,5-6,8-9,15-16,29H2,1-4H3/b23-19+,24-7+,32-27-. The van der Waals surface area contributed by atoms with Gasteiger partial charge in [-0.15, -0.1) is 0 Å². The minimum Gasteiger partial charge on any atom is -0.490 e. The molecule has 7 nitrogen and oxygen atoms in total. The normalized spacial score (nSPS) is 19.1. The zero-order chi connectivity index (χ0) is 25.2. The Morgan fingerprint density at radius 3 is 2.94 bits per heavy atom. The van der Waals surface area contributed by atoms with Gasteiger partial charge in [0.15, 0.2) is 6.39 Å². The fourth-order valence-corrected chi connectivity index (χ4v) is 5.18. The highest BCUT2D eigenvalue weighted by atomic mass is 32.2. The molecule has 0 saturated heterocycles. The number of nitrogens with one attached hydrogen (secondary N) is 1. The molecule has 0 bridgehead atoms. The number of oxazole rings is 1. The monoisotopic (exact) mass is 493 g/mol. The van der Waals surface area contributed by atoms with Gasteiger partial charge in [0.1, 0.15) is 22.6 Å². The van der Waals surface area contributed by atoms with Crippen LogP contribution in [0.15, 0.2) is 63.1 Å². The van der Waals surface area contributed by atoms with Crippen LogP contribution in [0.25, 0.3) is 0 Å². The summed E-state index contributed by atoms with van der Waals surface area (Å²) in [6.07, 6.45) is 9.64. The van der Waals surface area contributed by atoms with Gasteiger partial charge in [-0.3, -0.25) is 0 Å². The number of aromatic nitrogens is 1. The van der Waals surface area contributed by atoms with Crippen LogP contribution in [-0.4, -0.2) is 22.2 Å². The molecule has 1 unspecified atom stereocenters. The minimum absolute atomic E-state index is 0.0162. The van der Waals surface area contributed by atoms with E-state index in [1.165, 1.54) is 17.5 Å². The van der Waals surface area contributed by atoms with Crippen molar-refractivity contribution in [2.75, 3.05) is 0 Å². The van der Waals surface area contributed by atoms with E-state index in [0.717, 1.165) is 47.6 Å². The lowest BCUT2D eigenvalue weighted by Crippen LogP contribution is -2.34. The molecule has 0 amide bonds. The molecule has 1 fully saturated rings. The maximum atomic E-state index is 9.54. The summed E-state index contributed by atoms with van der Waals surface area (Å²) >= 11 is 1.59. The third-order valence-electron chi connectivity index (χ3n) is 5.87. The third kappa shape index (κ3) is 7.23. The quantitative estimate of drug-likeness (QED) is 0.196. The Morgan fingerprint density at radius 2 is 2.29 bits per heavy atom. The summed E-state index contributed by atoms with van der Waals surface area (Å²) < 4.78 is 11.1. The van der Waals surface area contributed by atoms with Crippen LogP contribution in [0.2, 0.25) is 0 Å². The molecule has 3 rings (SSSR count). The fourth-order valence-electron chi connectivity index (χ4n) is 4.28. The summed E-state index contributed by atoms with van der Waals surface area (Å²) in [7, 11) is 0. The SMILES string of the molecule is CC\C=C1/C(=C(C)/C(=N/N)SCc2ccc(OC(C)C)c(C#N)c2)CCCC1NCc1cnco1. The Hall–Kier alpha value is -3.02. The molecule has 1 atom stereocenters. The second-order valence-electron chi connectivity index (χ2n) is 8.80. The van der Waals surface area contributed by atoms with E-state index in [1.54, 1.807) is 18.0 Å². The van der Waals surface area contributed by atoms with Crippen LogP contribution >= 0.6 is 11.8 Å². The molecule has 1 aliphatic carbocycles. The van der Waals surface area contributed by atoms with Crippen molar-refractivity contribution in [1.82, 2.24) is 10.3 Å². The molecule has 2 aromatic rings. The minimum atomic E-state index is 0.0162. The number of hydrogen-bond acceptors (Lipinski definition) is 8. The summed E-state index contributed by atoms with van der Waals surface area (Å²) in [5.41, 5.74) is 5.31. The molecule has 1 heterocycles. The fraction of sp³-hybridized carbons (Fsp3) is 0.444. The third-order valence-corrected chi connectivity index (χ3v) is 7.03. The van der Waals surface area contributed by atoms with Crippen molar-refractivity contribution in [2.24, 2.45) is 10.9 Å². The van der Waals surface area contributed by atoms with Gasteiger partial charge < -0.3 is 20.3 Å². The van der Waals surface area contributed by atoms with Gasteiger partial charge in [0.25, 0.3) is 0 Å². The maximum Gasteiger partial charge on any atom is 0.180 e. The molecule has 0 spiro atoms. The number of rotatable bonds is 9. The first-order valence-corrected chi connectivity index (χ1v) is 13.1. The summed E-state index contributed by atoms with van der Waals surface area (Å²) in [5, 5.41) is 18.1. The molecule has 0 radical (unpaired) electrons. The number of hydrogen-bond donors (Lipinski definition) is 2. The van der Waals surface area contributed by atoms with E-state index >= 15 is 0 Å². The second-order valence-corrected chi connectivity index (χ2v) is 9.76. The second kappa shape index (κ2) is 13.2. The van der Waals surface area contributed by atoms with E-state index in [1.807, 2.05) is 32.0 Å². The highest BCUT2D eigenvalue weighted by Gasteiger charge is 2.25. The van der Waals surface area contributed by atoms with Crippen molar-refractivity contribution in [3.63, 3.8) is 0 Å². The summed E-state index contributed by atoms with van der Waals surface area (Å²) in [6, 6.07) is 8.23. The van der Waals surface area contributed by atoms with E-state index in [0.29, 0.717) is 23.6 Å². The lowest BCUT2D eigenvalue weighted by molar-refractivity contribution is 0.241. The number of thioether (sulfide) groups is 1. The average Bonchev–Trinajstić information content (AvgIpc) is 3.38. The Labute approximate surface area is 212 Å². The summed E-state index contributed by atoms with van der Waals surface area (Å²) in [4.78, 5) is 4.00. The topological polar surface area (TPSA) is 109 Å². The van der Waals surface area contributed by atoms with Gasteiger partial charge in [-0.2, -0.15) is 10.4 Å². The Kier molecular flexibility index (Phi) is 10.0. The number of nitrogens with zero attached hydrogens (tertiary/aromatic N) is 3. The van der Waals surface area contributed by atoms with Crippen LogP contribution in [0.5, 0.6) is 5.75 Å². The molecule has 8 heteroatoms. The van der Waals surface area contributed by atoms with E-state index in [-0.39, 0.29) is 12.1 Å². The van der Waals surface area contributed by atoms with Gasteiger partial charge in [0, 0.05) is 11.8 Å². The first-order chi connectivity index (χ1) is 17.0. The molecule has 35 heavy (non-hydrogen) atoms. The number of nitrogens with two attached hydrogens (primary N) is 1. The van der Waals surface area contributed by atoms with E-state index in [9.17, 15) is 5.26 Å². The Balaban J connectivity index is 1.76. The van der Waals surface area contributed by atoms with Crippen LogP contribution in [0, 0.1) is 11.3 Å². The van der Waals surface area contributed by atoms with Crippen molar-refractivity contribution in [1.29, 1.82) is 5.26 Å². The highest BCUT2D eigenvalue weighted by molar-refractivity contribution is 8.13. The smallest absolute Gasteiger partial charge is 0.180 e. The lowest BCUT2D eigenvalue weighted by Gasteiger charge is -2.30. The molecule has 1 aromatic carbocycles. The number of nitriles is 1. The van der Waals surface area contributed by atoms with Gasteiger partial charge in [0.05, 0.1) is 24.4 Å². The predicted octanol–water partition coefficient (Wildman–Crippen LogP) is 5.83. The summed E-state index contributed by atoms with van der Waals surface area (Å²) in [5.74, 6) is 7.97. The lowest BCUT2D eigenvalue weighted by atomic mass is 9.82. The van der Waals surface area contributed by atoms with Gasteiger partial charge in [-0.1, -0.05) is 30.8 Å². The van der Waals surface area contributed by atoms with Crippen LogP contribution in [0.3, 0.4) is 0 Å². The molecule has 186 valence electrons. The van der Waals surface area contributed by atoms with Crippen molar-refractivity contribution in [2.45, 2.75) is 77.8 Å². The highest BCUT2D eigenvalue weighted by Crippen LogP contribution is 2.34. The van der Waals surface area contributed by atoms with Crippen LogP contribution in [-0.2, 0) is 12.3 Å². The molecular weight excluding hydrogens is 458 g/mol. The Morgan fingerprint density at radius 1 is 1.46 bits per heavy atom. The molecule has 1 aromatic heterocycles. The molecule has 3 N–H and O–H groups in total. The molecular formula is C27H35N5O2S. The van der Waals surface area contributed by atoms with E-state index in [4.69, 9.17) is 15.0 Å². The van der Waals surface area contributed by atoms with Crippen molar-refractivity contribution in [3.05, 3.63) is 70.5 Å². The average molecular weight is 494 g/mol. The zero-order valence-corrected chi connectivity index (χ0v) is 21.8. The largest absolute Gasteiger partial charge is 0.490 e. The van der Waals surface area contributed by atoms with Gasteiger partial charge in [-0.25, -0.2) is 4.98 Å². The first-order valence-electron chi connectivity index (χ1n) is 12.1. The first kappa shape index (κ1) is 26.6. The van der Waals surface area contributed by atoms with Crippen LogP contribution in [0.4, 0.5) is 0 Å². The van der Waals surface area contributed by atoms with Crippen molar-refractivity contribution < 1.29 is 9.15 Å². The van der Waals surface area contributed by atoms with E-state index < -0.39 is 0 Å². The van der Waals surface area contributed by atoms with Gasteiger partial charge in [0.2, 0.25) is 0 Å². The van der Waals surface area contributed by atoms with Gasteiger partial charge in [-0.05, 0) is 80.9 Å². The number of allylic oxidation sites excluding steroid dienone is 1. The zero-order valence-electron chi connectivity index (χ0n) is 21.0. The van der Waals surface area contributed by atoms with Crippen molar-refractivity contribution in [3.8, 4) is 11.8 Å².